The molecule has 0 unspecified atom stereocenters. The molecule has 2 aromatic carbocycles. The topological polar surface area (TPSA) is 30.3 Å². The zero-order valence-electron chi connectivity index (χ0n) is 14.2. The Morgan fingerprint density at radius 1 is 1.29 bits per heavy atom. The molecular weight excluding hydrogens is 318 g/mol. The Hall–Kier alpha value is -2.02. The average Bonchev–Trinajstić information content (AvgIpc) is 2.99. The Balaban J connectivity index is 1.93. The number of nitrogens with zero attached hydrogens (tertiary/aromatic N) is 3. The molecule has 0 aromatic heterocycles. The van der Waals surface area contributed by atoms with Gasteiger partial charge in [0, 0.05) is 24.8 Å². The number of halogens is 1. The summed E-state index contributed by atoms with van der Waals surface area (Å²) in [6.45, 7) is 5.13. The molecule has 1 heterocycles. The van der Waals surface area contributed by atoms with Crippen molar-refractivity contribution in [3.05, 3.63) is 64.2 Å². The Morgan fingerprint density at radius 3 is 2.75 bits per heavy atom. The van der Waals surface area contributed by atoms with E-state index in [4.69, 9.17) is 16.9 Å². The van der Waals surface area contributed by atoms with Crippen LogP contribution < -0.4 is 4.90 Å². The van der Waals surface area contributed by atoms with Crippen LogP contribution in [-0.4, -0.2) is 31.1 Å². The van der Waals surface area contributed by atoms with Crippen molar-refractivity contribution in [2.24, 2.45) is 0 Å². The Bertz CT molecular complexity index is 766. The zero-order chi connectivity index (χ0) is 17.1. The van der Waals surface area contributed by atoms with Gasteiger partial charge in [0.2, 0.25) is 0 Å². The molecule has 3 rings (SSSR count). The maximum atomic E-state index is 9.11. The van der Waals surface area contributed by atoms with Crippen molar-refractivity contribution >= 4 is 17.3 Å². The number of likely N-dealkylation sites (tertiary alicyclic amines) is 1. The Kier molecular flexibility index (Phi) is 5.08. The SMILES string of the molecule is Cc1cccc(CN(c2ccc(C#N)c(Cl)c2)[C@H]2CCN(C)C2)c1. The summed E-state index contributed by atoms with van der Waals surface area (Å²) in [7, 11) is 2.16. The molecule has 0 aliphatic carbocycles. The molecule has 0 radical (unpaired) electrons. The van der Waals surface area contributed by atoms with Crippen LogP contribution in [0.1, 0.15) is 23.1 Å². The fourth-order valence-electron chi connectivity index (χ4n) is 3.38. The molecule has 0 bridgehead atoms. The lowest BCUT2D eigenvalue weighted by atomic mass is 10.1. The van der Waals surface area contributed by atoms with Crippen molar-refractivity contribution in [3.8, 4) is 6.07 Å². The van der Waals surface area contributed by atoms with Crippen molar-refractivity contribution < 1.29 is 0 Å². The van der Waals surface area contributed by atoms with E-state index in [0.29, 0.717) is 16.6 Å². The number of benzene rings is 2. The molecule has 0 saturated carbocycles. The van der Waals surface area contributed by atoms with Gasteiger partial charge in [-0.25, -0.2) is 0 Å². The second kappa shape index (κ2) is 7.25. The summed E-state index contributed by atoms with van der Waals surface area (Å²) in [6, 6.07) is 17.0. The van der Waals surface area contributed by atoms with Crippen LogP contribution in [0.5, 0.6) is 0 Å². The summed E-state index contributed by atoms with van der Waals surface area (Å²) in [6.07, 6.45) is 1.14. The quantitative estimate of drug-likeness (QED) is 0.835. The van der Waals surface area contributed by atoms with Crippen LogP contribution in [0.15, 0.2) is 42.5 Å². The van der Waals surface area contributed by atoms with Gasteiger partial charge in [0.05, 0.1) is 10.6 Å². The molecular formula is C20H22ClN3. The van der Waals surface area contributed by atoms with Gasteiger partial charge in [-0.15, -0.1) is 0 Å². The molecule has 0 N–H and O–H groups in total. The van der Waals surface area contributed by atoms with Gasteiger partial charge >= 0.3 is 0 Å². The predicted molar refractivity (Wildman–Crippen MR) is 99.4 cm³/mol. The summed E-state index contributed by atoms with van der Waals surface area (Å²) >= 11 is 6.28. The van der Waals surface area contributed by atoms with Crippen molar-refractivity contribution in [1.29, 1.82) is 5.26 Å². The van der Waals surface area contributed by atoms with Gasteiger partial charge < -0.3 is 9.80 Å². The van der Waals surface area contributed by atoms with Gasteiger partial charge in [0.25, 0.3) is 0 Å². The number of nitriles is 1. The third-order valence-corrected chi connectivity index (χ3v) is 4.96. The van der Waals surface area contributed by atoms with Crippen LogP contribution >= 0.6 is 11.6 Å². The molecule has 3 nitrogen and oxygen atoms in total. The molecule has 24 heavy (non-hydrogen) atoms. The zero-order valence-corrected chi connectivity index (χ0v) is 14.9. The minimum atomic E-state index is 0.458. The molecule has 2 aromatic rings. The van der Waals surface area contributed by atoms with Crippen LogP contribution in [0.4, 0.5) is 5.69 Å². The fraction of sp³-hybridized carbons (Fsp3) is 0.350. The number of hydrogen-bond acceptors (Lipinski definition) is 3. The lowest BCUT2D eigenvalue weighted by Crippen LogP contribution is -2.36. The number of aryl methyl sites for hydroxylation is 1. The first-order chi connectivity index (χ1) is 11.6. The first kappa shape index (κ1) is 16.8. The minimum Gasteiger partial charge on any atom is -0.363 e. The summed E-state index contributed by atoms with van der Waals surface area (Å²) in [5.41, 5.74) is 4.18. The molecule has 0 amide bonds. The van der Waals surface area contributed by atoms with E-state index in [1.165, 1.54) is 11.1 Å². The van der Waals surface area contributed by atoms with E-state index in [-0.39, 0.29) is 0 Å². The standard InChI is InChI=1S/C20H22ClN3/c1-15-4-3-5-16(10-15)13-24(19-8-9-23(2)14-19)18-7-6-17(12-22)20(21)11-18/h3-7,10-11,19H,8-9,13-14H2,1-2H3/t19-/m0/s1. The third-order valence-electron chi connectivity index (χ3n) is 4.65. The number of hydrogen-bond donors (Lipinski definition) is 0. The molecule has 124 valence electrons. The second-order valence-corrected chi connectivity index (χ2v) is 7.00. The van der Waals surface area contributed by atoms with Gasteiger partial charge in [0.15, 0.2) is 0 Å². The van der Waals surface area contributed by atoms with Crippen LogP contribution in [-0.2, 0) is 6.54 Å². The largest absolute Gasteiger partial charge is 0.363 e. The normalized spacial score (nSPS) is 17.7. The predicted octanol–water partition coefficient (Wildman–Crippen LogP) is 4.23. The number of rotatable bonds is 4. The van der Waals surface area contributed by atoms with Crippen molar-refractivity contribution in [3.63, 3.8) is 0 Å². The molecule has 1 atom stereocenters. The monoisotopic (exact) mass is 339 g/mol. The molecule has 4 heteroatoms. The molecule has 1 aliphatic rings. The van der Waals surface area contributed by atoms with Gasteiger partial charge in [-0.3, -0.25) is 0 Å². The maximum absolute atomic E-state index is 9.11. The lowest BCUT2D eigenvalue weighted by Gasteiger charge is -2.31. The molecule has 1 saturated heterocycles. The summed E-state index contributed by atoms with van der Waals surface area (Å²) < 4.78 is 0. The van der Waals surface area contributed by atoms with Crippen LogP contribution in [0.2, 0.25) is 5.02 Å². The molecule has 1 fully saturated rings. The fourth-order valence-corrected chi connectivity index (χ4v) is 3.59. The van der Waals surface area contributed by atoms with Crippen molar-refractivity contribution in [1.82, 2.24) is 4.90 Å². The Morgan fingerprint density at radius 2 is 2.12 bits per heavy atom. The van der Waals surface area contributed by atoms with Crippen LogP contribution in [0, 0.1) is 18.3 Å². The molecule has 1 aliphatic heterocycles. The molecule has 0 spiro atoms. The van der Waals surface area contributed by atoms with Crippen LogP contribution in [0.25, 0.3) is 0 Å². The summed E-state index contributed by atoms with van der Waals surface area (Å²) in [4.78, 5) is 4.78. The maximum Gasteiger partial charge on any atom is 0.101 e. The second-order valence-electron chi connectivity index (χ2n) is 6.60. The number of anilines is 1. The minimum absolute atomic E-state index is 0.458. The Labute approximate surface area is 149 Å². The third kappa shape index (κ3) is 3.72. The highest BCUT2D eigenvalue weighted by Gasteiger charge is 2.26. The van der Waals surface area contributed by atoms with Gasteiger partial charge in [-0.1, -0.05) is 41.4 Å². The first-order valence-corrected chi connectivity index (χ1v) is 8.65. The van der Waals surface area contributed by atoms with Crippen LogP contribution in [0.3, 0.4) is 0 Å². The van der Waals surface area contributed by atoms with Gasteiger partial charge in [-0.05, 0) is 50.7 Å². The van der Waals surface area contributed by atoms with Crippen molar-refractivity contribution in [2.75, 3.05) is 25.0 Å². The highest BCUT2D eigenvalue weighted by molar-refractivity contribution is 6.32. The van der Waals surface area contributed by atoms with E-state index in [2.05, 4.69) is 54.1 Å². The average molecular weight is 340 g/mol. The smallest absolute Gasteiger partial charge is 0.101 e. The highest BCUT2D eigenvalue weighted by atomic mass is 35.5. The number of likely N-dealkylation sites (N-methyl/N-ethyl adjacent to an activating group) is 1. The first-order valence-electron chi connectivity index (χ1n) is 8.27. The summed E-state index contributed by atoms with van der Waals surface area (Å²) in [5.74, 6) is 0. The van der Waals surface area contributed by atoms with E-state index in [9.17, 15) is 0 Å². The lowest BCUT2D eigenvalue weighted by molar-refractivity contribution is 0.407. The van der Waals surface area contributed by atoms with E-state index in [0.717, 1.165) is 31.7 Å². The van der Waals surface area contributed by atoms with E-state index >= 15 is 0 Å². The van der Waals surface area contributed by atoms with E-state index < -0.39 is 0 Å². The van der Waals surface area contributed by atoms with Gasteiger partial charge in [-0.2, -0.15) is 5.26 Å². The van der Waals surface area contributed by atoms with E-state index in [1.54, 1.807) is 0 Å². The van der Waals surface area contributed by atoms with Crippen molar-refractivity contribution in [2.45, 2.75) is 25.9 Å². The summed E-state index contributed by atoms with van der Waals surface area (Å²) in [5, 5.41) is 9.63. The van der Waals surface area contributed by atoms with Gasteiger partial charge in [0.1, 0.15) is 6.07 Å². The van der Waals surface area contributed by atoms with E-state index in [1.807, 2.05) is 18.2 Å². The highest BCUT2D eigenvalue weighted by Crippen LogP contribution is 2.29.